The zero-order valence-electron chi connectivity index (χ0n) is 13.2. The molecule has 0 atom stereocenters. The molecule has 0 fully saturated rings. The molecule has 0 radical (unpaired) electrons. The molecule has 3 heteroatoms. The molecule has 0 bridgehead atoms. The second kappa shape index (κ2) is 5.23. The van der Waals surface area contributed by atoms with Crippen molar-refractivity contribution < 1.29 is 9.59 Å². The quantitative estimate of drug-likeness (QED) is 0.412. The van der Waals surface area contributed by atoms with Crippen LogP contribution in [0.3, 0.4) is 0 Å². The number of fused-ring (bicyclic) bond motifs is 4. The van der Waals surface area contributed by atoms with Crippen molar-refractivity contribution in [2.75, 3.05) is 0 Å². The van der Waals surface area contributed by atoms with Gasteiger partial charge in [-0.15, -0.1) is 11.3 Å². The van der Waals surface area contributed by atoms with Gasteiger partial charge in [-0.1, -0.05) is 54.6 Å². The lowest BCUT2D eigenvalue weighted by Gasteiger charge is -2.20. The summed E-state index contributed by atoms with van der Waals surface area (Å²) in [6, 6.07) is 20.8. The van der Waals surface area contributed by atoms with Crippen molar-refractivity contribution in [1.29, 1.82) is 0 Å². The summed E-state index contributed by atoms with van der Waals surface area (Å²) < 4.78 is 0. The van der Waals surface area contributed by atoms with E-state index in [0.717, 1.165) is 21.2 Å². The van der Waals surface area contributed by atoms with Gasteiger partial charge < -0.3 is 0 Å². The smallest absolute Gasteiger partial charge is 0.195 e. The number of carbonyl (C=O) groups is 2. The van der Waals surface area contributed by atoms with Gasteiger partial charge in [-0.3, -0.25) is 9.59 Å². The maximum atomic E-state index is 13.1. The van der Waals surface area contributed by atoms with Crippen LogP contribution in [0.1, 0.15) is 31.8 Å². The number of benzene rings is 3. The molecule has 0 N–H and O–H groups in total. The Kier molecular flexibility index (Phi) is 2.99. The summed E-state index contributed by atoms with van der Waals surface area (Å²) in [5.41, 5.74) is 3.02. The number of carbonyl (C=O) groups excluding carboxylic acids is 2. The van der Waals surface area contributed by atoms with Crippen LogP contribution in [-0.2, 0) is 0 Å². The monoisotopic (exact) mass is 340 g/mol. The van der Waals surface area contributed by atoms with E-state index in [2.05, 4.69) is 0 Å². The van der Waals surface area contributed by atoms with Gasteiger partial charge in [-0.2, -0.15) is 0 Å². The maximum absolute atomic E-state index is 13.1. The average molecular weight is 340 g/mol. The summed E-state index contributed by atoms with van der Waals surface area (Å²) in [5, 5.41) is 3.87. The molecule has 0 spiro atoms. The van der Waals surface area contributed by atoms with E-state index in [0.29, 0.717) is 22.3 Å². The molecule has 1 heterocycles. The molecule has 4 aromatic rings. The Morgan fingerprint density at radius 2 is 1.28 bits per heavy atom. The second-order valence-corrected chi connectivity index (χ2v) is 7.02. The molecule has 2 nitrogen and oxygen atoms in total. The third-order valence-electron chi connectivity index (χ3n) is 4.72. The van der Waals surface area contributed by atoms with Crippen LogP contribution in [0.4, 0.5) is 0 Å². The Balaban J connectivity index is 1.92. The first kappa shape index (κ1) is 14.3. The molecule has 0 saturated heterocycles. The molecule has 3 aromatic carbocycles. The van der Waals surface area contributed by atoms with Gasteiger partial charge in [-0.25, -0.2) is 0 Å². The topological polar surface area (TPSA) is 34.1 Å². The van der Waals surface area contributed by atoms with Crippen molar-refractivity contribution in [3.63, 3.8) is 0 Å². The fourth-order valence-corrected chi connectivity index (χ4v) is 4.35. The largest absolute Gasteiger partial charge is 0.289 e. The molecule has 1 aliphatic carbocycles. The Bertz CT molecular complexity index is 1170. The highest BCUT2D eigenvalue weighted by Crippen LogP contribution is 2.39. The van der Waals surface area contributed by atoms with E-state index in [-0.39, 0.29) is 11.6 Å². The van der Waals surface area contributed by atoms with Crippen molar-refractivity contribution in [2.24, 2.45) is 0 Å². The van der Waals surface area contributed by atoms with Crippen LogP contribution in [0.15, 0.2) is 72.1 Å². The predicted molar refractivity (Wildman–Crippen MR) is 101 cm³/mol. The fourth-order valence-electron chi connectivity index (χ4n) is 3.59. The van der Waals surface area contributed by atoms with Crippen molar-refractivity contribution in [2.45, 2.75) is 0 Å². The van der Waals surface area contributed by atoms with Gasteiger partial charge in [0.25, 0.3) is 0 Å². The minimum atomic E-state index is -0.0752. The van der Waals surface area contributed by atoms with E-state index in [9.17, 15) is 9.59 Å². The summed E-state index contributed by atoms with van der Waals surface area (Å²) >= 11 is 1.63. The minimum Gasteiger partial charge on any atom is -0.289 e. The van der Waals surface area contributed by atoms with Gasteiger partial charge in [0.05, 0.1) is 0 Å². The van der Waals surface area contributed by atoms with Crippen LogP contribution < -0.4 is 0 Å². The maximum Gasteiger partial charge on any atom is 0.195 e. The molecule has 0 saturated carbocycles. The number of ketones is 2. The third-order valence-corrected chi connectivity index (χ3v) is 5.62. The highest BCUT2D eigenvalue weighted by atomic mass is 32.1. The summed E-state index contributed by atoms with van der Waals surface area (Å²) in [5.74, 6) is -0.145. The molecule has 1 aliphatic rings. The van der Waals surface area contributed by atoms with Gasteiger partial charge in [0.1, 0.15) is 0 Å². The number of hydrogen-bond acceptors (Lipinski definition) is 3. The Morgan fingerprint density at radius 1 is 0.600 bits per heavy atom. The lowest BCUT2D eigenvalue weighted by atomic mass is 9.80. The number of hydrogen-bond donors (Lipinski definition) is 0. The van der Waals surface area contributed by atoms with Gasteiger partial charge >= 0.3 is 0 Å². The van der Waals surface area contributed by atoms with Crippen molar-refractivity contribution in [3.05, 3.63) is 94.4 Å². The predicted octanol–water partition coefficient (Wildman–Crippen LogP) is 5.34. The van der Waals surface area contributed by atoms with Crippen LogP contribution in [0.25, 0.3) is 21.2 Å². The van der Waals surface area contributed by atoms with Crippen LogP contribution in [0.2, 0.25) is 0 Å². The van der Waals surface area contributed by atoms with E-state index in [1.165, 1.54) is 0 Å². The van der Waals surface area contributed by atoms with E-state index < -0.39 is 0 Å². The van der Waals surface area contributed by atoms with Crippen LogP contribution >= 0.6 is 11.3 Å². The lowest BCUT2D eigenvalue weighted by molar-refractivity contribution is 0.0980. The number of rotatable bonds is 1. The van der Waals surface area contributed by atoms with E-state index in [1.807, 2.05) is 47.8 Å². The lowest BCUT2D eigenvalue weighted by Crippen LogP contribution is -2.21. The Labute approximate surface area is 148 Å². The zero-order chi connectivity index (χ0) is 17.0. The molecule has 118 valence electrons. The van der Waals surface area contributed by atoms with E-state index in [4.69, 9.17) is 0 Å². The standard InChI is InChI=1S/C22H12O2S/c23-21-15-8-3-4-9-16(15)22(24)20-14-7-2-1-6-13(14)17(12-18(20)21)19-10-5-11-25-19/h1-12H. The summed E-state index contributed by atoms with van der Waals surface area (Å²) in [6.45, 7) is 0. The van der Waals surface area contributed by atoms with Gasteiger partial charge in [0, 0.05) is 32.7 Å². The molecular weight excluding hydrogens is 328 g/mol. The Hall–Kier alpha value is -3.04. The summed E-state index contributed by atoms with van der Waals surface area (Å²) in [4.78, 5) is 27.3. The highest BCUT2D eigenvalue weighted by molar-refractivity contribution is 7.13. The van der Waals surface area contributed by atoms with Crippen molar-refractivity contribution in [3.8, 4) is 10.4 Å². The molecule has 25 heavy (non-hydrogen) atoms. The highest BCUT2D eigenvalue weighted by Gasteiger charge is 2.31. The van der Waals surface area contributed by atoms with Crippen LogP contribution in [0, 0.1) is 0 Å². The molecule has 0 amide bonds. The fraction of sp³-hybridized carbons (Fsp3) is 0. The first-order valence-corrected chi connectivity index (χ1v) is 8.92. The van der Waals surface area contributed by atoms with Crippen LogP contribution in [-0.4, -0.2) is 11.6 Å². The average Bonchev–Trinajstić information content (AvgIpc) is 3.19. The first-order chi connectivity index (χ1) is 12.3. The van der Waals surface area contributed by atoms with Crippen LogP contribution in [0.5, 0.6) is 0 Å². The summed E-state index contributed by atoms with van der Waals surface area (Å²) in [7, 11) is 0. The normalized spacial score (nSPS) is 13.0. The van der Waals surface area contributed by atoms with E-state index in [1.54, 1.807) is 35.6 Å². The van der Waals surface area contributed by atoms with Crippen molar-refractivity contribution >= 4 is 33.7 Å². The van der Waals surface area contributed by atoms with Gasteiger partial charge in [0.2, 0.25) is 0 Å². The molecule has 0 unspecified atom stereocenters. The molecule has 1 aromatic heterocycles. The molecule has 5 rings (SSSR count). The van der Waals surface area contributed by atoms with Crippen molar-refractivity contribution in [1.82, 2.24) is 0 Å². The minimum absolute atomic E-state index is 0.0703. The zero-order valence-corrected chi connectivity index (χ0v) is 14.0. The number of thiophene rings is 1. The first-order valence-electron chi connectivity index (χ1n) is 8.04. The van der Waals surface area contributed by atoms with Gasteiger partial charge in [-0.05, 0) is 28.3 Å². The van der Waals surface area contributed by atoms with Gasteiger partial charge in [0.15, 0.2) is 11.6 Å². The molecular formula is C22H12O2S. The summed E-state index contributed by atoms with van der Waals surface area (Å²) in [6.07, 6.45) is 0. The SMILES string of the molecule is O=C1c2ccccc2C(=O)c2c1cc(-c1cccs1)c1ccccc21. The molecule has 0 aliphatic heterocycles. The van der Waals surface area contributed by atoms with E-state index >= 15 is 0 Å². The second-order valence-electron chi connectivity index (χ2n) is 6.07. The Morgan fingerprint density at radius 3 is 2.00 bits per heavy atom. The third kappa shape index (κ3) is 1.96.